The normalized spacial score (nSPS) is 14.0. The van der Waals surface area contributed by atoms with Crippen LogP contribution in [0.15, 0.2) is 65.6 Å². The fourth-order valence-corrected chi connectivity index (χ4v) is 6.29. The van der Waals surface area contributed by atoms with Crippen LogP contribution in [0.1, 0.15) is 22.3 Å². The van der Waals surface area contributed by atoms with Gasteiger partial charge in [0.2, 0.25) is 5.91 Å². The van der Waals surface area contributed by atoms with Gasteiger partial charge in [0.05, 0.1) is 12.8 Å². The van der Waals surface area contributed by atoms with E-state index in [2.05, 4.69) is 36.9 Å². The van der Waals surface area contributed by atoms with Gasteiger partial charge >= 0.3 is 0 Å². The molecule has 4 rings (SSSR count). The lowest BCUT2D eigenvalue weighted by molar-refractivity contribution is -0.129. The molecule has 1 fully saturated rings. The minimum absolute atomic E-state index is 0.0446. The van der Waals surface area contributed by atoms with Crippen molar-refractivity contribution >= 4 is 27.3 Å². The number of carbonyl (C=O) groups is 1. The summed E-state index contributed by atoms with van der Waals surface area (Å²) in [6.07, 6.45) is 0. The van der Waals surface area contributed by atoms with Gasteiger partial charge in [0, 0.05) is 31.9 Å². The van der Waals surface area contributed by atoms with Crippen LogP contribution in [0.25, 0.3) is 0 Å². The first kappa shape index (κ1) is 26.5. The van der Waals surface area contributed by atoms with Crippen molar-refractivity contribution in [2.75, 3.05) is 49.0 Å². The average Bonchev–Trinajstić information content (AvgIpc) is 2.89. The maximum Gasteiger partial charge on any atom is 0.268 e. The van der Waals surface area contributed by atoms with Crippen molar-refractivity contribution in [2.24, 2.45) is 0 Å². The number of rotatable bonds is 7. The third-order valence-electron chi connectivity index (χ3n) is 7.04. The summed E-state index contributed by atoms with van der Waals surface area (Å²) >= 11 is 0. The number of sulfonamides is 1. The number of aryl methyl sites for hydroxylation is 3. The summed E-state index contributed by atoms with van der Waals surface area (Å²) in [4.78, 5) is 17.6. The SMILES string of the molecule is COc1ccc(C)cc1S(=O)(=O)N(CC(=O)N1CCN(c2cccc(C)c2C)CC1)c1ccc(C)cc1. The van der Waals surface area contributed by atoms with Gasteiger partial charge in [-0.3, -0.25) is 9.10 Å². The first-order valence-electron chi connectivity index (χ1n) is 12.4. The van der Waals surface area contributed by atoms with Crippen LogP contribution in [0.3, 0.4) is 0 Å². The zero-order chi connectivity index (χ0) is 26.7. The number of hydrogen-bond donors (Lipinski definition) is 0. The molecule has 0 spiro atoms. The molecule has 0 aliphatic carbocycles. The number of benzene rings is 3. The molecule has 0 bridgehead atoms. The van der Waals surface area contributed by atoms with Gasteiger partial charge in [-0.15, -0.1) is 0 Å². The number of carbonyl (C=O) groups excluding carboxylic acids is 1. The van der Waals surface area contributed by atoms with E-state index in [1.165, 1.54) is 28.2 Å². The first-order valence-corrected chi connectivity index (χ1v) is 13.9. The molecule has 8 heteroatoms. The minimum Gasteiger partial charge on any atom is -0.495 e. The van der Waals surface area contributed by atoms with Crippen molar-refractivity contribution in [3.8, 4) is 5.75 Å². The molecular weight excluding hydrogens is 486 g/mol. The Kier molecular flexibility index (Phi) is 7.78. The summed E-state index contributed by atoms with van der Waals surface area (Å²) in [5, 5.41) is 0. The molecule has 1 aliphatic heterocycles. The van der Waals surface area contributed by atoms with Crippen LogP contribution >= 0.6 is 0 Å². The van der Waals surface area contributed by atoms with Gasteiger partial charge in [-0.05, 0) is 74.7 Å². The Morgan fingerprint density at radius 1 is 0.892 bits per heavy atom. The molecule has 1 heterocycles. The lowest BCUT2D eigenvalue weighted by Gasteiger charge is -2.38. The van der Waals surface area contributed by atoms with Gasteiger partial charge in [-0.25, -0.2) is 8.42 Å². The number of piperazine rings is 1. The van der Waals surface area contributed by atoms with Crippen LogP contribution in [0.2, 0.25) is 0 Å². The third kappa shape index (κ3) is 5.59. The molecule has 1 amide bonds. The molecule has 0 radical (unpaired) electrons. The zero-order valence-corrected chi connectivity index (χ0v) is 23.0. The van der Waals surface area contributed by atoms with Gasteiger partial charge in [0.25, 0.3) is 10.0 Å². The van der Waals surface area contributed by atoms with Crippen LogP contribution in [-0.2, 0) is 14.8 Å². The lowest BCUT2D eigenvalue weighted by Crippen LogP contribution is -2.52. The summed E-state index contributed by atoms with van der Waals surface area (Å²) in [5.74, 6) is 0.0219. The largest absolute Gasteiger partial charge is 0.495 e. The summed E-state index contributed by atoms with van der Waals surface area (Å²) in [6.45, 7) is 10.1. The van der Waals surface area contributed by atoms with Crippen LogP contribution in [0.4, 0.5) is 11.4 Å². The number of nitrogens with zero attached hydrogens (tertiary/aromatic N) is 3. The Labute approximate surface area is 220 Å². The van der Waals surface area contributed by atoms with Crippen molar-refractivity contribution in [2.45, 2.75) is 32.6 Å². The van der Waals surface area contributed by atoms with Crippen molar-refractivity contribution in [3.05, 3.63) is 82.9 Å². The highest BCUT2D eigenvalue weighted by molar-refractivity contribution is 7.93. The second-order valence-electron chi connectivity index (χ2n) is 9.59. The molecule has 0 aromatic heterocycles. The van der Waals surface area contributed by atoms with Gasteiger partial charge in [-0.2, -0.15) is 0 Å². The number of hydrogen-bond acceptors (Lipinski definition) is 5. The van der Waals surface area contributed by atoms with E-state index in [0.717, 1.165) is 11.1 Å². The summed E-state index contributed by atoms with van der Waals surface area (Å²) in [6, 6.07) is 18.5. The van der Waals surface area contributed by atoms with Crippen LogP contribution < -0.4 is 13.9 Å². The predicted molar refractivity (Wildman–Crippen MR) is 148 cm³/mol. The quantitative estimate of drug-likeness (QED) is 0.459. The average molecular weight is 522 g/mol. The fraction of sp³-hybridized carbons (Fsp3) is 0.345. The standard InChI is InChI=1S/C29H35N3O4S/c1-21-9-12-25(13-10-21)32(37(34,35)28-19-22(2)11-14-27(28)36-5)20-29(33)31-17-15-30(16-18-31)26-8-6-7-23(3)24(26)4/h6-14,19H,15-18,20H2,1-5H3. The van der Waals surface area contributed by atoms with Crippen molar-refractivity contribution in [1.29, 1.82) is 0 Å². The molecule has 196 valence electrons. The number of ether oxygens (including phenoxy) is 1. The maximum atomic E-state index is 13.9. The van der Waals surface area contributed by atoms with E-state index >= 15 is 0 Å². The Hall–Kier alpha value is -3.52. The molecule has 1 saturated heterocycles. The second kappa shape index (κ2) is 10.8. The summed E-state index contributed by atoms with van der Waals surface area (Å²) in [5.41, 5.74) is 5.90. The van der Waals surface area contributed by atoms with Gasteiger partial charge in [-0.1, -0.05) is 35.9 Å². The third-order valence-corrected chi connectivity index (χ3v) is 8.83. The number of anilines is 2. The van der Waals surface area contributed by atoms with E-state index in [1.807, 2.05) is 26.0 Å². The van der Waals surface area contributed by atoms with E-state index in [9.17, 15) is 13.2 Å². The van der Waals surface area contributed by atoms with Crippen LogP contribution in [0.5, 0.6) is 5.75 Å². The summed E-state index contributed by atoms with van der Waals surface area (Å²) < 4.78 is 34.5. The fourth-order valence-electron chi connectivity index (χ4n) is 4.63. The van der Waals surface area contributed by atoms with Crippen molar-refractivity contribution in [1.82, 2.24) is 4.90 Å². The van der Waals surface area contributed by atoms with Gasteiger partial charge < -0.3 is 14.5 Å². The highest BCUT2D eigenvalue weighted by Gasteiger charge is 2.32. The zero-order valence-electron chi connectivity index (χ0n) is 22.2. The Balaban J connectivity index is 1.59. The second-order valence-corrected chi connectivity index (χ2v) is 11.4. The molecule has 3 aromatic rings. The highest BCUT2D eigenvalue weighted by atomic mass is 32.2. The predicted octanol–water partition coefficient (Wildman–Crippen LogP) is 4.47. The molecule has 37 heavy (non-hydrogen) atoms. The molecule has 0 saturated carbocycles. The lowest BCUT2D eigenvalue weighted by atomic mass is 10.1. The van der Waals surface area contributed by atoms with Crippen LogP contribution in [-0.4, -0.2) is 59.1 Å². The Morgan fingerprint density at radius 2 is 1.54 bits per heavy atom. The van der Waals surface area contributed by atoms with E-state index < -0.39 is 10.0 Å². The highest BCUT2D eigenvalue weighted by Crippen LogP contribution is 2.31. The van der Waals surface area contributed by atoms with Gasteiger partial charge in [0.15, 0.2) is 0 Å². The maximum absolute atomic E-state index is 13.9. The molecule has 1 aliphatic rings. The molecule has 7 nitrogen and oxygen atoms in total. The van der Waals surface area contributed by atoms with E-state index in [0.29, 0.717) is 31.9 Å². The van der Waals surface area contributed by atoms with Crippen molar-refractivity contribution in [3.63, 3.8) is 0 Å². The topological polar surface area (TPSA) is 70.2 Å². The Bertz CT molecular complexity index is 1380. The van der Waals surface area contributed by atoms with Gasteiger partial charge in [0.1, 0.15) is 17.2 Å². The number of amides is 1. The molecular formula is C29H35N3O4S. The van der Waals surface area contributed by atoms with E-state index in [1.54, 1.807) is 35.2 Å². The molecule has 3 aromatic carbocycles. The Morgan fingerprint density at radius 3 is 2.19 bits per heavy atom. The number of methoxy groups -OCH3 is 1. The summed E-state index contributed by atoms with van der Waals surface area (Å²) in [7, 11) is -2.63. The molecule has 0 N–H and O–H groups in total. The first-order chi connectivity index (χ1) is 17.6. The van der Waals surface area contributed by atoms with E-state index in [-0.39, 0.29) is 23.1 Å². The smallest absolute Gasteiger partial charge is 0.268 e. The van der Waals surface area contributed by atoms with Crippen LogP contribution in [0, 0.1) is 27.7 Å². The van der Waals surface area contributed by atoms with Crippen molar-refractivity contribution < 1.29 is 17.9 Å². The minimum atomic E-state index is -4.08. The molecule has 0 atom stereocenters. The molecule has 0 unspecified atom stereocenters. The monoisotopic (exact) mass is 521 g/mol. The van der Waals surface area contributed by atoms with E-state index in [4.69, 9.17) is 4.74 Å².